The lowest BCUT2D eigenvalue weighted by molar-refractivity contribution is 0.494. The average Bonchev–Trinajstić information content (AvgIpc) is 2.18. The summed E-state index contributed by atoms with van der Waals surface area (Å²) in [6, 6.07) is 1.90. The number of hydrogen-bond acceptors (Lipinski definition) is 3. The molecule has 5 heteroatoms. The first-order valence-corrected chi connectivity index (χ1v) is 4.24. The molecule has 0 amide bonds. The molecule has 0 saturated carbocycles. The van der Waals surface area contributed by atoms with Gasteiger partial charge in [-0.3, -0.25) is 0 Å². The van der Waals surface area contributed by atoms with Gasteiger partial charge in [-0.15, -0.1) is 0 Å². The van der Waals surface area contributed by atoms with Crippen molar-refractivity contribution in [1.29, 1.82) is 0 Å². The smallest absolute Gasteiger partial charge is 0.164 e. The zero-order chi connectivity index (χ0) is 10.7. The lowest BCUT2D eigenvalue weighted by Crippen LogP contribution is -2.32. The molecular weight excluding hydrogens is 188 g/mol. The maximum atomic E-state index is 13.2. The molecular formula is C9H13F2N3. The number of benzene rings is 1. The fourth-order valence-electron chi connectivity index (χ4n) is 1.16. The van der Waals surface area contributed by atoms with Gasteiger partial charge in [-0.1, -0.05) is 0 Å². The minimum atomic E-state index is -0.936. The van der Waals surface area contributed by atoms with Crippen molar-refractivity contribution in [2.75, 3.05) is 12.3 Å². The van der Waals surface area contributed by atoms with Crippen LogP contribution in [0.3, 0.4) is 0 Å². The maximum absolute atomic E-state index is 13.2. The van der Waals surface area contributed by atoms with E-state index >= 15 is 0 Å². The molecule has 1 unspecified atom stereocenters. The van der Waals surface area contributed by atoms with Crippen LogP contribution < -0.4 is 17.2 Å². The van der Waals surface area contributed by atoms with Crippen LogP contribution in [0.2, 0.25) is 0 Å². The Morgan fingerprint density at radius 3 is 2.50 bits per heavy atom. The predicted molar refractivity (Wildman–Crippen MR) is 51.5 cm³/mol. The molecule has 1 atom stereocenters. The third-order valence-electron chi connectivity index (χ3n) is 2.00. The topological polar surface area (TPSA) is 78.1 Å². The van der Waals surface area contributed by atoms with Gasteiger partial charge in [0.1, 0.15) is 0 Å². The van der Waals surface area contributed by atoms with Gasteiger partial charge in [-0.05, 0) is 18.6 Å². The van der Waals surface area contributed by atoms with E-state index in [0.717, 1.165) is 6.07 Å². The van der Waals surface area contributed by atoms with Crippen LogP contribution in [0.5, 0.6) is 0 Å². The molecule has 0 aliphatic carbocycles. The molecule has 0 aliphatic rings. The second-order valence-corrected chi connectivity index (χ2v) is 3.13. The van der Waals surface area contributed by atoms with E-state index in [2.05, 4.69) is 0 Å². The summed E-state index contributed by atoms with van der Waals surface area (Å²) in [5, 5.41) is 0. The Morgan fingerprint density at radius 1 is 1.29 bits per heavy atom. The van der Waals surface area contributed by atoms with Gasteiger partial charge < -0.3 is 17.2 Å². The van der Waals surface area contributed by atoms with E-state index in [1.807, 2.05) is 0 Å². The van der Waals surface area contributed by atoms with Crippen LogP contribution in [0.15, 0.2) is 12.1 Å². The van der Waals surface area contributed by atoms with E-state index in [0.29, 0.717) is 0 Å². The Balaban J connectivity index is 3.00. The van der Waals surface area contributed by atoms with Gasteiger partial charge in [0.05, 0.1) is 0 Å². The Morgan fingerprint density at radius 2 is 1.93 bits per heavy atom. The van der Waals surface area contributed by atoms with E-state index < -0.39 is 17.7 Å². The average molecular weight is 201 g/mol. The first-order chi connectivity index (χ1) is 6.56. The fourth-order valence-corrected chi connectivity index (χ4v) is 1.16. The summed E-state index contributed by atoms with van der Waals surface area (Å²) in [4.78, 5) is 0. The molecule has 6 N–H and O–H groups in total. The Hall–Kier alpha value is -1.20. The molecule has 1 rings (SSSR count). The van der Waals surface area contributed by atoms with E-state index in [9.17, 15) is 8.78 Å². The summed E-state index contributed by atoms with van der Waals surface area (Å²) >= 11 is 0. The summed E-state index contributed by atoms with van der Waals surface area (Å²) in [6.07, 6.45) is 0.145. The first-order valence-electron chi connectivity index (χ1n) is 4.24. The number of halogens is 2. The Labute approximate surface area is 80.9 Å². The molecule has 0 bridgehead atoms. The summed E-state index contributed by atoms with van der Waals surface area (Å²) in [5.41, 5.74) is 16.6. The van der Waals surface area contributed by atoms with Gasteiger partial charge in [0.25, 0.3) is 0 Å². The third kappa shape index (κ3) is 2.18. The molecule has 3 nitrogen and oxygen atoms in total. The van der Waals surface area contributed by atoms with Crippen molar-refractivity contribution in [3.05, 3.63) is 29.3 Å². The molecule has 0 spiro atoms. The van der Waals surface area contributed by atoms with Gasteiger partial charge in [-0.25, -0.2) is 8.78 Å². The number of nitrogens with two attached hydrogens (primary N) is 3. The van der Waals surface area contributed by atoms with Gasteiger partial charge >= 0.3 is 0 Å². The molecule has 78 valence electrons. The normalized spacial score (nSPS) is 12.9. The van der Waals surface area contributed by atoms with Gasteiger partial charge in [0, 0.05) is 23.8 Å². The number of rotatable bonds is 3. The molecule has 1 aromatic rings. The summed E-state index contributed by atoms with van der Waals surface area (Å²) in [7, 11) is 0. The monoisotopic (exact) mass is 201 g/mol. The second-order valence-electron chi connectivity index (χ2n) is 3.13. The van der Waals surface area contributed by atoms with E-state index in [1.54, 1.807) is 0 Å². The van der Waals surface area contributed by atoms with Crippen LogP contribution in [0.1, 0.15) is 5.56 Å². The SMILES string of the molecule is NCC(N)Cc1c(N)ccc(F)c1F. The van der Waals surface area contributed by atoms with Crippen LogP contribution in [-0.2, 0) is 6.42 Å². The van der Waals surface area contributed by atoms with E-state index in [4.69, 9.17) is 17.2 Å². The predicted octanol–water partition coefficient (Wildman–Crippen LogP) is 0.376. The van der Waals surface area contributed by atoms with Crippen molar-refractivity contribution in [2.24, 2.45) is 11.5 Å². The molecule has 0 aromatic heterocycles. The highest BCUT2D eigenvalue weighted by molar-refractivity contribution is 5.48. The van der Waals surface area contributed by atoms with Crippen molar-refractivity contribution in [1.82, 2.24) is 0 Å². The molecule has 1 aromatic carbocycles. The lowest BCUT2D eigenvalue weighted by atomic mass is 10.0. The number of hydrogen-bond donors (Lipinski definition) is 3. The highest BCUT2D eigenvalue weighted by atomic mass is 19.2. The highest BCUT2D eigenvalue weighted by Crippen LogP contribution is 2.19. The minimum absolute atomic E-state index is 0.1000. The molecule has 0 aliphatic heterocycles. The Bertz CT molecular complexity index is 328. The molecule has 14 heavy (non-hydrogen) atoms. The molecule has 0 saturated heterocycles. The fraction of sp³-hybridized carbons (Fsp3) is 0.333. The highest BCUT2D eigenvalue weighted by Gasteiger charge is 2.14. The van der Waals surface area contributed by atoms with Gasteiger partial charge in [0.15, 0.2) is 11.6 Å². The van der Waals surface area contributed by atoms with Crippen LogP contribution >= 0.6 is 0 Å². The minimum Gasteiger partial charge on any atom is -0.398 e. The van der Waals surface area contributed by atoms with Crippen LogP contribution in [-0.4, -0.2) is 12.6 Å². The maximum Gasteiger partial charge on any atom is 0.164 e. The lowest BCUT2D eigenvalue weighted by Gasteiger charge is -2.11. The summed E-state index contributed by atoms with van der Waals surface area (Å²) in [5.74, 6) is -1.85. The zero-order valence-electron chi connectivity index (χ0n) is 7.63. The first kappa shape index (κ1) is 10.9. The van der Waals surface area contributed by atoms with Crippen LogP contribution in [0, 0.1) is 11.6 Å². The second kappa shape index (κ2) is 4.34. The van der Waals surface area contributed by atoms with Crippen molar-refractivity contribution in [3.63, 3.8) is 0 Å². The number of nitrogen functional groups attached to an aromatic ring is 1. The largest absolute Gasteiger partial charge is 0.398 e. The van der Waals surface area contributed by atoms with Crippen LogP contribution in [0.25, 0.3) is 0 Å². The van der Waals surface area contributed by atoms with Crippen molar-refractivity contribution < 1.29 is 8.78 Å². The molecule has 0 fully saturated rings. The molecule has 0 radical (unpaired) electrons. The van der Waals surface area contributed by atoms with Crippen molar-refractivity contribution in [3.8, 4) is 0 Å². The zero-order valence-corrected chi connectivity index (χ0v) is 7.63. The quantitative estimate of drug-likeness (QED) is 0.618. The molecule has 0 heterocycles. The number of anilines is 1. The van der Waals surface area contributed by atoms with Crippen molar-refractivity contribution in [2.45, 2.75) is 12.5 Å². The van der Waals surface area contributed by atoms with Gasteiger partial charge in [-0.2, -0.15) is 0 Å². The van der Waals surface area contributed by atoms with E-state index in [-0.39, 0.29) is 24.2 Å². The van der Waals surface area contributed by atoms with Crippen LogP contribution in [0.4, 0.5) is 14.5 Å². The van der Waals surface area contributed by atoms with E-state index in [1.165, 1.54) is 6.07 Å². The standard InChI is InChI=1S/C9H13F2N3/c10-7-1-2-8(14)6(9(7)11)3-5(13)4-12/h1-2,5H,3-4,12-14H2. The van der Waals surface area contributed by atoms with Gasteiger partial charge in [0.2, 0.25) is 0 Å². The third-order valence-corrected chi connectivity index (χ3v) is 2.00. The Kier molecular flexibility index (Phi) is 3.38. The summed E-state index contributed by atoms with van der Waals surface area (Å²) < 4.78 is 26.0. The summed E-state index contributed by atoms with van der Waals surface area (Å²) in [6.45, 7) is 0.204. The van der Waals surface area contributed by atoms with Crippen molar-refractivity contribution >= 4 is 5.69 Å².